The molecule has 1 spiro atoms. The van der Waals surface area contributed by atoms with Gasteiger partial charge in [0.2, 0.25) is 17.7 Å². The van der Waals surface area contributed by atoms with Gasteiger partial charge in [-0.2, -0.15) is 0 Å². The molecule has 0 aliphatic carbocycles. The predicted molar refractivity (Wildman–Crippen MR) is 139 cm³/mol. The summed E-state index contributed by atoms with van der Waals surface area (Å²) < 4.78 is -0.975. The number of carbonyl (C=O) groups excluding carboxylic acids is 3. The molecule has 0 aromatic heterocycles. The molecule has 4 rings (SSSR count). The second-order valence-electron chi connectivity index (χ2n) is 11.5. The number of aliphatic hydroxyl groups excluding tert-OH is 1. The molecule has 35 heavy (non-hydrogen) atoms. The van der Waals surface area contributed by atoms with E-state index in [0.717, 1.165) is 44.2 Å². The standard InChI is InChI=1S/C27H39N3O4S/c1-25(2,3)29-23(33)21-27-15-14-26(4,35-27)19(22(32)28-18-12-8-7-9-13-18)20(27)24(34)30(21)16-10-5-6-11-17-31/h7-9,12-13,19-21,31H,5-6,10-11,14-17H2,1-4H3,(H,28,32)(H,29,33)/t19-,20+,21?,26+,27?/m1/s1. The van der Waals surface area contributed by atoms with Gasteiger partial charge >= 0.3 is 0 Å². The largest absolute Gasteiger partial charge is 0.396 e. The molecule has 3 aliphatic rings. The summed E-state index contributed by atoms with van der Waals surface area (Å²) in [6, 6.07) is 8.77. The number of benzene rings is 1. The van der Waals surface area contributed by atoms with Crippen molar-refractivity contribution in [2.45, 2.75) is 87.3 Å². The fourth-order valence-electron chi connectivity index (χ4n) is 6.29. The van der Waals surface area contributed by atoms with Crippen LogP contribution in [0.5, 0.6) is 0 Å². The molecule has 192 valence electrons. The van der Waals surface area contributed by atoms with E-state index in [0.29, 0.717) is 6.54 Å². The molecule has 3 saturated heterocycles. The number of carbonyl (C=O) groups is 3. The SMILES string of the molecule is CC(C)(C)NC(=O)C1N(CCCCCCO)C(=O)[C@@H]2[C@H](C(=O)Nc3ccccc3)[C@]3(C)CCC12S3. The van der Waals surface area contributed by atoms with Crippen LogP contribution < -0.4 is 10.6 Å². The van der Waals surface area contributed by atoms with Gasteiger partial charge < -0.3 is 20.6 Å². The molecule has 1 aromatic carbocycles. The number of hydrogen-bond acceptors (Lipinski definition) is 5. The van der Waals surface area contributed by atoms with Gasteiger partial charge in [-0.05, 0) is 65.5 Å². The Morgan fingerprint density at radius 2 is 1.77 bits per heavy atom. The minimum absolute atomic E-state index is 0.0645. The maximum atomic E-state index is 14.0. The van der Waals surface area contributed by atoms with Crippen LogP contribution in [0.3, 0.4) is 0 Å². The van der Waals surface area contributed by atoms with Crippen molar-refractivity contribution in [1.82, 2.24) is 10.2 Å². The number of fused-ring (bicyclic) bond motifs is 1. The quantitative estimate of drug-likeness (QED) is 0.449. The fraction of sp³-hybridized carbons (Fsp3) is 0.667. The Morgan fingerprint density at radius 3 is 2.43 bits per heavy atom. The van der Waals surface area contributed by atoms with Crippen molar-refractivity contribution in [3.05, 3.63) is 30.3 Å². The highest BCUT2D eigenvalue weighted by molar-refractivity contribution is 8.02. The highest BCUT2D eigenvalue weighted by atomic mass is 32.2. The van der Waals surface area contributed by atoms with Gasteiger partial charge in [0, 0.05) is 29.1 Å². The third kappa shape index (κ3) is 4.84. The zero-order valence-electron chi connectivity index (χ0n) is 21.3. The molecule has 5 atom stereocenters. The van der Waals surface area contributed by atoms with Gasteiger partial charge in [0.1, 0.15) is 6.04 Å². The molecule has 3 fully saturated rings. The normalized spacial score (nSPS) is 31.5. The number of hydrogen-bond donors (Lipinski definition) is 3. The first-order valence-electron chi connectivity index (χ1n) is 12.8. The minimum Gasteiger partial charge on any atom is -0.396 e. The van der Waals surface area contributed by atoms with E-state index in [2.05, 4.69) is 17.6 Å². The maximum Gasteiger partial charge on any atom is 0.244 e. The number of anilines is 1. The van der Waals surface area contributed by atoms with Crippen LogP contribution >= 0.6 is 11.8 Å². The monoisotopic (exact) mass is 501 g/mol. The average Bonchev–Trinajstić information content (AvgIpc) is 3.34. The van der Waals surface area contributed by atoms with Crippen LogP contribution in [0.15, 0.2) is 30.3 Å². The second kappa shape index (κ2) is 9.77. The number of nitrogens with zero attached hydrogens (tertiary/aromatic N) is 1. The number of amides is 3. The zero-order valence-corrected chi connectivity index (χ0v) is 22.1. The first-order chi connectivity index (χ1) is 16.5. The summed E-state index contributed by atoms with van der Waals surface area (Å²) in [7, 11) is 0. The molecule has 8 heteroatoms. The van der Waals surface area contributed by atoms with E-state index in [1.807, 2.05) is 51.1 Å². The summed E-state index contributed by atoms with van der Waals surface area (Å²) in [5, 5.41) is 15.2. The lowest BCUT2D eigenvalue weighted by atomic mass is 9.66. The predicted octanol–water partition coefficient (Wildman–Crippen LogP) is 3.57. The van der Waals surface area contributed by atoms with Crippen molar-refractivity contribution in [3.8, 4) is 0 Å². The van der Waals surface area contributed by atoms with Gasteiger partial charge in [-0.1, -0.05) is 31.0 Å². The Hall–Kier alpha value is -2.06. The number of thioether (sulfide) groups is 1. The van der Waals surface area contributed by atoms with Crippen molar-refractivity contribution in [3.63, 3.8) is 0 Å². The molecule has 0 saturated carbocycles. The Labute approximate surface area is 212 Å². The van der Waals surface area contributed by atoms with Gasteiger partial charge in [0.05, 0.1) is 16.6 Å². The first-order valence-corrected chi connectivity index (χ1v) is 13.6. The number of nitrogens with one attached hydrogen (secondary N) is 2. The third-order valence-corrected chi connectivity index (χ3v) is 9.64. The van der Waals surface area contributed by atoms with Crippen LogP contribution in [-0.4, -0.2) is 62.0 Å². The number of likely N-dealkylation sites (tertiary alicyclic amines) is 1. The van der Waals surface area contributed by atoms with Crippen LogP contribution in [0.25, 0.3) is 0 Å². The topological polar surface area (TPSA) is 98.7 Å². The minimum atomic E-state index is -0.592. The Bertz CT molecular complexity index is 965. The van der Waals surface area contributed by atoms with Gasteiger partial charge in [0.25, 0.3) is 0 Å². The van der Waals surface area contributed by atoms with Crippen molar-refractivity contribution >= 4 is 35.2 Å². The number of unbranched alkanes of at least 4 members (excludes halogenated alkanes) is 3. The van der Waals surface area contributed by atoms with E-state index in [4.69, 9.17) is 5.11 Å². The highest BCUT2D eigenvalue weighted by Gasteiger charge is 2.77. The first kappa shape index (κ1) is 26.0. The smallest absolute Gasteiger partial charge is 0.244 e. The Kier molecular flexibility index (Phi) is 7.26. The van der Waals surface area contributed by atoms with Crippen LogP contribution in [0.4, 0.5) is 5.69 Å². The van der Waals surface area contributed by atoms with Gasteiger partial charge in [0.15, 0.2) is 0 Å². The van der Waals surface area contributed by atoms with Crippen molar-refractivity contribution in [2.24, 2.45) is 11.8 Å². The van der Waals surface area contributed by atoms with Crippen molar-refractivity contribution < 1.29 is 19.5 Å². The number of aliphatic hydroxyl groups is 1. The lowest BCUT2D eigenvalue weighted by molar-refractivity contribution is -0.139. The molecule has 2 bridgehead atoms. The van der Waals surface area contributed by atoms with E-state index in [-0.39, 0.29) is 29.1 Å². The summed E-state index contributed by atoms with van der Waals surface area (Å²) in [5.41, 5.74) is 0.299. The molecule has 1 aromatic rings. The molecule has 3 heterocycles. The number of rotatable bonds is 9. The second-order valence-corrected chi connectivity index (χ2v) is 13.4. The Balaban J connectivity index is 1.64. The zero-order chi connectivity index (χ0) is 25.4. The molecular weight excluding hydrogens is 462 g/mol. The number of para-hydroxylation sites is 1. The van der Waals surface area contributed by atoms with Gasteiger partial charge in [-0.25, -0.2) is 0 Å². The maximum absolute atomic E-state index is 14.0. The summed E-state index contributed by atoms with van der Waals surface area (Å²) in [6.07, 6.45) is 4.85. The summed E-state index contributed by atoms with van der Waals surface area (Å²) in [5.74, 6) is -1.32. The molecule has 0 radical (unpaired) electrons. The molecule has 3 N–H and O–H groups in total. The fourth-order valence-corrected chi connectivity index (χ4v) is 8.65. The lowest BCUT2D eigenvalue weighted by Crippen LogP contribution is -2.57. The van der Waals surface area contributed by atoms with E-state index in [9.17, 15) is 14.4 Å². The van der Waals surface area contributed by atoms with Crippen molar-refractivity contribution in [2.75, 3.05) is 18.5 Å². The van der Waals surface area contributed by atoms with E-state index in [1.165, 1.54) is 0 Å². The third-order valence-electron chi connectivity index (χ3n) is 7.65. The summed E-state index contributed by atoms with van der Waals surface area (Å²) >= 11 is 1.70. The van der Waals surface area contributed by atoms with Crippen LogP contribution in [-0.2, 0) is 14.4 Å². The van der Waals surface area contributed by atoms with Crippen LogP contribution in [0.2, 0.25) is 0 Å². The van der Waals surface area contributed by atoms with Crippen molar-refractivity contribution in [1.29, 1.82) is 0 Å². The van der Waals surface area contributed by atoms with Gasteiger partial charge in [-0.15, -0.1) is 11.8 Å². The van der Waals surface area contributed by atoms with E-state index in [1.54, 1.807) is 16.7 Å². The van der Waals surface area contributed by atoms with E-state index >= 15 is 0 Å². The molecular formula is C27H39N3O4S. The lowest BCUT2D eigenvalue weighted by Gasteiger charge is -2.36. The molecule has 3 amide bonds. The summed E-state index contributed by atoms with van der Waals surface area (Å²) in [4.78, 5) is 43.1. The average molecular weight is 502 g/mol. The molecule has 3 aliphatic heterocycles. The summed E-state index contributed by atoms with van der Waals surface area (Å²) in [6.45, 7) is 8.60. The molecule has 7 nitrogen and oxygen atoms in total. The highest BCUT2D eigenvalue weighted by Crippen LogP contribution is 2.71. The van der Waals surface area contributed by atoms with Gasteiger partial charge in [-0.3, -0.25) is 14.4 Å². The van der Waals surface area contributed by atoms with Crippen LogP contribution in [0, 0.1) is 11.8 Å². The molecule has 2 unspecified atom stereocenters. The van der Waals surface area contributed by atoms with Crippen LogP contribution in [0.1, 0.15) is 66.2 Å². The Morgan fingerprint density at radius 1 is 1.09 bits per heavy atom. The van der Waals surface area contributed by atoms with E-state index < -0.39 is 28.2 Å².